The molecule has 0 N–H and O–H groups in total. The van der Waals surface area contributed by atoms with Crippen molar-refractivity contribution in [2.24, 2.45) is 0 Å². The van der Waals surface area contributed by atoms with E-state index in [0.717, 1.165) is 30.8 Å². The number of hydrogen-bond acceptors (Lipinski definition) is 4. The Hall–Kier alpha value is -2.04. The van der Waals surface area contributed by atoms with Gasteiger partial charge in [-0.05, 0) is 19.8 Å². The number of pyridine rings is 1. The van der Waals surface area contributed by atoms with Crippen LogP contribution in [0.3, 0.4) is 0 Å². The molecule has 86 valence electrons. The van der Waals surface area contributed by atoms with E-state index in [1.54, 1.807) is 6.20 Å². The number of rotatable bonds is 1. The maximum atomic E-state index is 12.1. The molecule has 2 aromatic rings. The molecule has 0 aromatic carbocycles. The molecule has 0 bridgehead atoms. The third-order valence-electron chi connectivity index (χ3n) is 3.14. The molecular weight excluding hydrogens is 218 g/mol. The number of hydrogen-bond donors (Lipinski definition) is 0. The van der Waals surface area contributed by atoms with Crippen molar-refractivity contribution in [1.29, 1.82) is 0 Å². The van der Waals surface area contributed by atoms with E-state index in [-0.39, 0.29) is 11.0 Å². The van der Waals surface area contributed by atoms with E-state index >= 15 is 0 Å². The molecule has 3 heterocycles. The molecular formula is C12H11N3O2. The predicted octanol–water partition coefficient (Wildman–Crippen LogP) is 0.859. The Kier molecular flexibility index (Phi) is 2.07. The first-order valence-electron chi connectivity index (χ1n) is 5.56. The highest BCUT2D eigenvalue weighted by Gasteiger charge is 2.21. The molecule has 1 aliphatic rings. The number of aldehydes is 1. The van der Waals surface area contributed by atoms with Crippen molar-refractivity contribution in [2.45, 2.75) is 26.3 Å². The smallest absolute Gasteiger partial charge is 0.220 e. The number of aromatic nitrogens is 3. The van der Waals surface area contributed by atoms with Gasteiger partial charge in [0.05, 0.1) is 11.3 Å². The van der Waals surface area contributed by atoms with Gasteiger partial charge in [-0.1, -0.05) is 0 Å². The number of nitrogens with zero attached hydrogens (tertiary/aromatic N) is 3. The molecule has 0 saturated carbocycles. The van der Waals surface area contributed by atoms with Gasteiger partial charge in [-0.25, -0.2) is 9.97 Å². The van der Waals surface area contributed by atoms with Crippen LogP contribution in [-0.2, 0) is 13.0 Å². The number of carbonyl (C=O) groups excluding carboxylic acids is 1. The zero-order valence-electron chi connectivity index (χ0n) is 9.43. The number of carbonyl (C=O) groups is 1. The lowest BCUT2D eigenvalue weighted by Gasteiger charge is -2.09. The highest BCUT2D eigenvalue weighted by molar-refractivity contribution is 5.84. The summed E-state index contributed by atoms with van der Waals surface area (Å²) < 4.78 is 1.94. The van der Waals surface area contributed by atoms with E-state index in [1.807, 2.05) is 11.5 Å². The van der Waals surface area contributed by atoms with Crippen LogP contribution in [0, 0.1) is 6.92 Å². The topological polar surface area (TPSA) is 64.8 Å². The lowest BCUT2D eigenvalue weighted by atomic mass is 10.1. The summed E-state index contributed by atoms with van der Waals surface area (Å²) >= 11 is 0. The molecule has 0 aliphatic carbocycles. The van der Waals surface area contributed by atoms with Gasteiger partial charge in [-0.2, -0.15) is 0 Å². The van der Waals surface area contributed by atoms with Crippen molar-refractivity contribution in [2.75, 3.05) is 0 Å². The van der Waals surface area contributed by atoms with Crippen molar-refractivity contribution in [3.63, 3.8) is 0 Å². The summed E-state index contributed by atoms with van der Waals surface area (Å²) in [5.41, 5.74) is 2.43. The molecule has 0 saturated heterocycles. The SMILES string of the molecule is Cc1cnc2c(=O)c(C=O)c3n(c2n1)CCC3. The summed E-state index contributed by atoms with van der Waals surface area (Å²) in [7, 11) is 0. The fourth-order valence-corrected chi connectivity index (χ4v) is 2.38. The maximum Gasteiger partial charge on any atom is 0.220 e. The first-order valence-corrected chi connectivity index (χ1v) is 5.56. The minimum atomic E-state index is -0.296. The third kappa shape index (κ3) is 1.32. The molecule has 17 heavy (non-hydrogen) atoms. The molecule has 0 amide bonds. The third-order valence-corrected chi connectivity index (χ3v) is 3.14. The van der Waals surface area contributed by atoms with Crippen molar-refractivity contribution >= 4 is 17.5 Å². The Balaban J connectivity index is 2.55. The molecule has 2 aromatic heterocycles. The highest BCUT2D eigenvalue weighted by Crippen LogP contribution is 2.20. The van der Waals surface area contributed by atoms with E-state index in [9.17, 15) is 9.59 Å². The standard InChI is InChI=1S/C12H11N3O2/c1-7-5-13-10-11(17)8(6-16)9-3-2-4-15(9)12(10)14-7/h5-6H,2-4H2,1H3. The zero-order valence-corrected chi connectivity index (χ0v) is 9.43. The summed E-state index contributed by atoms with van der Waals surface area (Å²) in [4.78, 5) is 31.6. The fourth-order valence-electron chi connectivity index (χ4n) is 2.38. The fraction of sp³-hybridized carbons (Fsp3) is 0.333. The van der Waals surface area contributed by atoms with Crippen molar-refractivity contribution < 1.29 is 4.79 Å². The van der Waals surface area contributed by atoms with Crippen molar-refractivity contribution in [1.82, 2.24) is 14.5 Å². The summed E-state index contributed by atoms with van der Waals surface area (Å²) in [5, 5.41) is 0. The summed E-state index contributed by atoms with van der Waals surface area (Å²) in [6.07, 6.45) is 3.89. The first kappa shape index (κ1) is 10.1. The summed E-state index contributed by atoms with van der Waals surface area (Å²) in [6.45, 7) is 2.64. The van der Waals surface area contributed by atoms with E-state index in [4.69, 9.17) is 0 Å². The second-order valence-electron chi connectivity index (χ2n) is 4.25. The van der Waals surface area contributed by atoms with Gasteiger partial charge in [0.15, 0.2) is 17.5 Å². The van der Waals surface area contributed by atoms with Crippen molar-refractivity contribution in [3.8, 4) is 0 Å². The molecule has 0 fully saturated rings. The molecule has 0 radical (unpaired) electrons. The van der Waals surface area contributed by atoms with Gasteiger partial charge < -0.3 is 4.57 Å². The van der Waals surface area contributed by atoms with E-state index in [1.165, 1.54) is 0 Å². The Bertz CT molecular complexity index is 688. The van der Waals surface area contributed by atoms with Crippen LogP contribution in [0.1, 0.15) is 28.2 Å². The second kappa shape index (κ2) is 3.48. The van der Waals surface area contributed by atoms with Gasteiger partial charge in [0.2, 0.25) is 5.43 Å². The Morgan fingerprint density at radius 2 is 2.29 bits per heavy atom. The molecule has 0 spiro atoms. The maximum absolute atomic E-state index is 12.1. The summed E-state index contributed by atoms with van der Waals surface area (Å²) in [5.74, 6) is 0. The monoisotopic (exact) mass is 229 g/mol. The second-order valence-corrected chi connectivity index (χ2v) is 4.25. The Morgan fingerprint density at radius 3 is 3.06 bits per heavy atom. The van der Waals surface area contributed by atoms with Crippen LogP contribution in [0.5, 0.6) is 0 Å². The van der Waals surface area contributed by atoms with Crippen LogP contribution in [0.2, 0.25) is 0 Å². The average molecular weight is 229 g/mol. The molecule has 5 heteroatoms. The lowest BCUT2D eigenvalue weighted by Crippen LogP contribution is -2.19. The minimum Gasteiger partial charge on any atom is -0.327 e. The largest absolute Gasteiger partial charge is 0.327 e. The van der Waals surface area contributed by atoms with Gasteiger partial charge in [0.1, 0.15) is 0 Å². The molecule has 0 unspecified atom stereocenters. The van der Waals surface area contributed by atoms with Crippen molar-refractivity contribution in [3.05, 3.63) is 33.4 Å². The highest BCUT2D eigenvalue weighted by atomic mass is 16.1. The predicted molar refractivity (Wildman–Crippen MR) is 62.2 cm³/mol. The normalized spacial score (nSPS) is 13.9. The van der Waals surface area contributed by atoms with Crippen LogP contribution in [-0.4, -0.2) is 20.8 Å². The van der Waals surface area contributed by atoms with E-state index < -0.39 is 0 Å². The van der Waals surface area contributed by atoms with Crippen LogP contribution < -0.4 is 5.43 Å². The Labute approximate surface area is 97.1 Å². The Morgan fingerprint density at radius 1 is 1.47 bits per heavy atom. The quantitative estimate of drug-likeness (QED) is 0.680. The molecule has 5 nitrogen and oxygen atoms in total. The van der Waals surface area contributed by atoms with Crippen LogP contribution in [0.25, 0.3) is 11.2 Å². The van der Waals surface area contributed by atoms with Gasteiger partial charge in [-0.15, -0.1) is 0 Å². The van der Waals surface area contributed by atoms with Gasteiger partial charge in [-0.3, -0.25) is 9.59 Å². The van der Waals surface area contributed by atoms with Gasteiger partial charge in [0.25, 0.3) is 0 Å². The lowest BCUT2D eigenvalue weighted by molar-refractivity contribution is 0.112. The van der Waals surface area contributed by atoms with E-state index in [0.29, 0.717) is 17.5 Å². The molecule has 0 atom stereocenters. The number of aryl methyl sites for hydroxylation is 2. The van der Waals surface area contributed by atoms with Crippen LogP contribution >= 0.6 is 0 Å². The first-order chi connectivity index (χ1) is 8.22. The summed E-state index contributed by atoms with van der Waals surface area (Å²) in [6, 6.07) is 0. The van der Waals surface area contributed by atoms with Gasteiger partial charge >= 0.3 is 0 Å². The number of fused-ring (bicyclic) bond motifs is 3. The van der Waals surface area contributed by atoms with Crippen LogP contribution in [0.4, 0.5) is 0 Å². The zero-order chi connectivity index (χ0) is 12.0. The van der Waals surface area contributed by atoms with Crippen LogP contribution in [0.15, 0.2) is 11.0 Å². The van der Waals surface area contributed by atoms with E-state index in [2.05, 4.69) is 9.97 Å². The minimum absolute atomic E-state index is 0.244. The average Bonchev–Trinajstić information content (AvgIpc) is 2.78. The van der Waals surface area contributed by atoms with Gasteiger partial charge in [0, 0.05) is 18.4 Å². The molecule has 1 aliphatic heterocycles. The molecule has 3 rings (SSSR count).